The predicted octanol–water partition coefficient (Wildman–Crippen LogP) is 3.62. The molecule has 1 heterocycles. The van der Waals surface area contributed by atoms with Gasteiger partial charge in [-0.1, -0.05) is 29.8 Å². The van der Waals surface area contributed by atoms with Gasteiger partial charge in [-0.3, -0.25) is 0 Å². The number of hydrogen-bond donors (Lipinski definition) is 2. The highest BCUT2D eigenvalue weighted by atomic mass is 79.9. The molecule has 22 heavy (non-hydrogen) atoms. The van der Waals surface area contributed by atoms with Crippen LogP contribution in [0.3, 0.4) is 0 Å². The summed E-state index contributed by atoms with van der Waals surface area (Å²) in [6, 6.07) is 7.67. The number of aromatic nitrogens is 2. The van der Waals surface area contributed by atoms with Crippen molar-refractivity contribution in [2.45, 2.75) is 20.6 Å². The van der Waals surface area contributed by atoms with Gasteiger partial charge in [0.15, 0.2) is 11.8 Å². The summed E-state index contributed by atoms with van der Waals surface area (Å²) in [5.74, 6) is 1.34. The average Bonchev–Trinajstić information content (AvgIpc) is 2.92. The van der Waals surface area contributed by atoms with Gasteiger partial charge in [-0.15, -0.1) is 0 Å². The van der Waals surface area contributed by atoms with Crippen molar-refractivity contribution < 1.29 is 4.74 Å². The molecular weight excluding hydrogens is 364 g/mol. The second-order valence-corrected chi connectivity index (χ2v) is 6.55. The zero-order chi connectivity index (χ0) is 15.9. The normalized spacial score (nSPS) is 10.5. The first-order chi connectivity index (χ1) is 10.5. The van der Waals surface area contributed by atoms with Crippen molar-refractivity contribution in [2.75, 3.05) is 11.9 Å². The molecule has 0 amide bonds. The van der Waals surface area contributed by atoms with Crippen molar-refractivity contribution in [3.05, 3.63) is 41.1 Å². The van der Waals surface area contributed by atoms with E-state index in [0.717, 1.165) is 22.5 Å². The number of nitrogens with one attached hydrogen (secondary N) is 2. The lowest BCUT2D eigenvalue weighted by atomic mass is 10.2. The Balaban J connectivity index is 1.81. The lowest BCUT2D eigenvalue weighted by Gasteiger charge is -2.10. The van der Waals surface area contributed by atoms with E-state index >= 15 is 0 Å². The van der Waals surface area contributed by atoms with Crippen LogP contribution in [0.5, 0.6) is 5.75 Å². The summed E-state index contributed by atoms with van der Waals surface area (Å²) in [7, 11) is 0. The molecule has 0 saturated heterocycles. The molecule has 0 fully saturated rings. The third-order valence-electron chi connectivity index (χ3n) is 2.74. The van der Waals surface area contributed by atoms with Gasteiger partial charge in [0.05, 0.1) is 18.1 Å². The van der Waals surface area contributed by atoms with Gasteiger partial charge in [-0.05, 0) is 42.4 Å². The fraction of sp³-hybridized carbons (Fsp3) is 0.333. The van der Waals surface area contributed by atoms with Crippen LogP contribution in [0.25, 0.3) is 0 Å². The number of hydrogen-bond acceptors (Lipinski definition) is 3. The van der Waals surface area contributed by atoms with Crippen LogP contribution in [0.15, 0.2) is 41.1 Å². The highest BCUT2D eigenvalue weighted by molar-refractivity contribution is 9.10. The van der Waals surface area contributed by atoms with Gasteiger partial charge in [0, 0.05) is 11.0 Å². The molecule has 7 heteroatoms. The molecule has 118 valence electrons. The van der Waals surface area contributed by atoms with E-state index in [2.05, 4.69) is 45.5 Å². The van der Waals surface area contributed by atoms with Crippen LogP contribution in [0.2, 0.25) is 0 Å². The topological polar surface area (TPSA) is 51.1 Å². The Kier molecular flexibility index (Phi) is 6.21. The van der Waals surface area contributed by atoms with Crippen molar-refractivity contribution in [3.63, 3.8) is 0 Å². The predicted molar refractivity (Wildman–Crippen MR) is 96.1 cm³/mol. The number of thiocarbonyl (C=S) groups is 1. The Morgan fingerprint density at radius 1 is 1.36 bits per heavy atom. The molecule has 1 aromatic heterocycles. The average molecular weight is 383 g/mol. The fourth-order valence-electron chi connectivity index (χ4n) is 1.64. The highest BCUT2D eigenvalue weighted by Gasteiger charge is 2.02. The quantitative estimate of drug-likeness (QED) is 0.747. The van der Waals surface area contributed by atoms with Crippen LogP contribution >= 0.6 is 28.1 Å². The summed E-state index contributed by atoms with van der Waals surface area (Å²) in [5.41, 5.74) is 0.834. The van der Waals surface area contributed by atoms with Gasteiger partial charge < -0.3 is 15.4 Å². The zero-order valence-corrected chi connectivity index (χ0v) is 14.9. The van der Waals surface area contributed by atoms with Crippen molar-refractivity contribution >= 4 is 38.9 Å². The fourth-order valence-corrected chi connectivity index (χ4v) is 2.11. The molecule has 0 aliphatic heterocycles. The summed E-state index contributed by atoms with van der Waals surface area (Å²) in [4.78, 5) is 0. The molecule has 0 spiro atoms. The molecule has 2 aromatic rings. The van der Waals surface area contributed by atoms with Gasteiger partial charge >= 0.3 is 0 Å². The van der Waals surface area contributed by atoms with E-state index in [4.69, 9.17) is 17.0 Å². The molecule has 2 N–H and O–H groups in total. The van der Waals surface area contributed by atoms with Crippen molar-refractivity contribution in [1.82, 2.24) is 15.1 Å². The van der Waals surface area contributed by atoms with Gasteiger partial charge in [0.2, 0.25) is 0 Å². The summed E-state index contributed by atoms with van der Waals surface area (Å²) < 4.78 is 8.37. The van der Waals surface area contributed by atoms with Gasteiger partial charge in [-0.25, -0.2) is 4.68 Å². The maximum atomic E-state index is 5.65. The first kappa shape index (κ1) is 16.8. The van der Waals surface area contributed by atoms with E-state index in [-0.39, 0.29) is 0 Å². The van der Waals surface area contributed by atoms with Gasteiger partial charge in [0.25, 0.3) is 0 Å². The summed E-state index contributed by atoms with van der Waals surface area (Å²) in [6.45, 7) is 5.45. The standard InChI is InChI=1S/C15H19BrN4OS/c1-11(2)7-17-15(22)19-13-8-18-20(9-13)10-21-14-5-3-12(16)4-6-14/h3-6,8-9,11H,7,10H2,1-2H3,(H2,17,19,22). The molecule has 0 atom stereocenters. The molecule has 0 aliphatic carbocycles. The van der Waals surface area contributed by atoms with E-state index in [9.17, 15) is 0 Å². The SMILES string of the molecule is CC(C)CNC(=S)Nc1cnn(COc2ccc(Br)cc2)c1. The van der Waals surface area contributed by atoms with Gasteiger partial charge in [-0.2, -0.15) is 5.10 Å². The Hall–Kier alpha value is -1.60. The number of halogens is 1. The third kappa shape index (κ3) is 5.65. The summed E-state index contributed by atoms with van der Waals surface area (Å²) in [5, 5.41) is 11.1. The van der Waals surface area contributed by atoms with Crippen molar-refractivity contribution in [3.8, 4) is 5.75 Å². The highest BCUT2D eigenvalue weighted by Crippen LogP contribution is 2.16. The molecule has 0 unspecified atom stereocenters. The minimum atomic E-state index is 0.343. The van der Waals surface area contributed by atoms with Crippen LogP contribution in [0, 0.1) is 5.92 Å². The second kappa shape index (κ2) is 8.14. The Bertz CT molecular complexity index is 612. The van der Waals surface area contributed by atoms with Crippen LogP contribution in [0.1, 0.15) is 13.8 Å². The summed E-state index contributed by atoms with van der Waals surface area (Å²) >= 11 is 8.61. The molecule has 5 nitrogen and oxygen atoms in total. The molecule has 1 aromatic carbocycles. The second-order valence-electron chi connectivity index (χ2n) is 5.22. The lowest BCUT2D eigenvalue weighted by Crippen LogP contribution is -2.31. The maximum Gasteiger partial charge on any atom is 0.180 e. The lowest BCUT2D eigenvalue weighted by molar-refractivity contribution is 0.221. The molecule has 0 aliphatic rings. The first-order valence-corrected chi connectivity index (χ1v) is 8.18. The van der Waals surface area contributed by atoms with Crippen molar-refractivity contribution in [1.29, 1.82) is 0 Å². The molecule has 0 bridgehead atoms. The van der Waals surface area contributed by atoms with Crippen LogP contribution in [0.4, 0.5) is 5.69 Å². The Morgan fingerprint density at radius 3 is 2.77 bits per heavy atom. The number of rotatable bonds is 6. The number of anilines is 1. The first-order valence-electron chi connectivity index (χ1n) is 6.98. The number of ether oxygens (including phenoxy) is 1. The minimum Gasteiger partial charge on any atom is -0.471 e. The van der Waals surface area contributed by atoms with Crippen LogP contribution in [-0.2, 0) is 6.73 Å². The Morgan fingerprint density at radius 2 is 2.09 bits per heavy atom. The van der Waals surface area contributed by atoms with E-state index in [0.29, 0.717) is 17.8 Å². The molecule has 2 rings (SSSR count). The largest absolute Gasteiger partial charge is 0.471 e. The number of benzene rings is 1. The van der Waals surface area contributed by atoms with E-state index in [1.807, 2.05) is 30.5 Å². The van der Waals surface area contributed by atoms with Crippen molar-refractivity contribution in [2.24, 2.45) is 5.92 Å². The van der Waals surface area contributed by atoms with Gasteiger partial charge in [0.1, 0.15) is 5.75 Å². The van der Waals surface area contributed by atoms with Crippen LogP contribution in [-0.4, -0.2) is 21.4 Å². The molecule has 0 saturated carbocycles. The Labute approximate surface area is 144 Å². The molecular formula is C15H19BrN4OS. The van der Waals surface area contributed by atoms with Crippen LogP contribution < -0.4 is 15.4 Å². The minimum absolute atomic E-state index is 0.343. The van der Waals surface area contributed by atoms with E-state index < -0.39 is 0 Å². The zero-order valence-electron chi connectivity index (χ0n) is 12.5. The van der Waals surface area contributed by atoms with E-state index in [1.165, 1.54) is 0 Å². The number of nitrogens with zero attached hydrogens (tertiary/aromatic N) is 2. The van der Waals surface area contributed by atoms with E-state index in [1.54, 1.807) is 10.9 Å². The third-order valence-corrected chi connectivity index (χ3v) is 3.51. The smallest absolute Gasteiger partial charge is 0.180 e. The maximum absolute atomic E-state index is 5.65. The summed E-state index contributed by atoms with van der Waals surface area (Å²) in [6.07, 6.45) is 3.57. The molecule has 0 radical (unpaired) electrons. The monoisotopic (exact) mass is 382 g/mol.